The number of thiazole rings is 1. The third-order valence-electron chi connectivity index (χ3n) is 3.76. The Labute approximate surface area is 157 Å². The average molecular weight is 369 g/mol. The minimum atomic E-state index is 0.563. The van der Waals surface area contributed by atoms with E-state index in [9.17, 15) is 0 Å². The zero-order chi connectivity index (χ0) is 18.4. The lowest BCUT2D eigenvalue weighted by atomic mass is 10.3. The summed E-state index contributed by atoms with van der Waals surface area (Å²) >= 11 is 1.72. The number of pyridine rings is 1. The van der Waals surface area contributed by atoms with Crippen LogP contribution in [0.3, 0.4) is 0 Å². The van der Waals surface area contributed by atoms with E-state index in [1.807, 2.05) is 42.9 Å². The maximum atomic E-state index is 4.65. The summed E-state index contributed by atoms with van der Waals surface area (Å²) in [6, 6.07) is 4.00. The van der Waals surface area contributed by atoms with Crippen LogP contribution in [-0.2, 0) is 13.1 Å². The van der Waals surface area contributed by atoms with Crippen molar-refractivity contribution in [1.82, 2.24) is 30.2 Å². The highest BCUT2D eigenvalue weighted by molar-refractivity contribution is 7.11. The van der Waals surface area contributed by atoms with Gasteiger partial charge in [0.1, 0.15) is 12.1 Å². The molecular formula is C18H23N7S. The first-order chi connectivity index (χ1) is 12.7. The first-order valence-corrected chi connectivity index (χ1v) is 9.35. The molecule has 3 heterocycles. The Balaban J connectivity index is 1.62. The highest BCUT2D eigenvalue weighted by Gasteiger charge is 2.06. The van der Waals surface area contributed by atoms with Crippen LogP contribution < -0.4 is 10.6 Å². The summed E-state index contributed by atoms with van der Waals surface area (Å²) in [6.07, 6.45) is 7.19. The number of aryl methyl sites for hydroxylation is 2. The summed E-state index contributed by atoms with van der Waals surface area (Å²) in [5.74, 6) is 1.63. The number of rotatable bonds is 6. The van der Waals surface area contributed by atoms with Gasteiger partial charge in [-0.15, -0.1) is 11.3 Å². The minimum absolute atomic E-state index is 0.563. The summed E-state index contributed by atoms with van der Waals surface area (Å²) in [5.41, 5.74) is 2.13. The molecule has 0 saturated carbocycles. The fourth-order valence-corrected chi connectivity index (χ4v) is 3.35. The summed E-state index contributed by atoms with van der Waals surface area (Å²) < 4.78 is 1.87. The molecule has 0 radical (unpaired) electrons. The molecule has 0 atom stereocenters. The Morgan fingerprint density at radius 3 is 2.77 bits per heavy atom. The van der Waals surface area contributed by atoms with Gasteiger partial charge >= 0.3 is 0 Å². The minimum Gasteiger partial charge on any atom is -0.357 e. The summed E-state index contributed by atoms with van der Waals surface area (Å²) in [5, 5.41) is 7.73. The van der Waals surface area contributed by atoms with Crippen LogP contribution in [0.1, 0.15) is 28.1 Å². The fraction of sp³-hybridized carbons (Fsp3) is 0.333. The molecule has 0 aliphatic rings. The lowest BCUT2D eigenvalue weighted by molar-refractivity contribution is 0.818. The van der Waals surface area contributed by atoms with Crippen molar-refractivity contribution in [3.05, 3.63) is 58.2 Å². The second-order valence-corrected chi connectivity index (χ2v) is 7.07. The van der Waals surface area contributed by atoms with Crippen LogP contribution in [0.4, 0.5) is 0 Å². The fourth-order valence-electron chi connectivity index (χ4n) is 2.47. The van der Waals surface area contributed by atoms with Gasteiger partial charge in [0.25, 0.3) is 0 Å². The van der Waals surface area contributed by atoms with E-state index in [-0.39, 0.29) is 0 Å². The highest BCUT2D eigenvalue weighted by Crippen LogP contribution is 2.16. The number of hydrogen-bond acceptors (Lipinski definition) is 5. The number of nitrogens with one attached hydrogen (secondary N) is 2. The van der Waals surface area contributed by atoms with Crippen molar-refractivity contribution in [2.75, 3.05) is 6.54 Å². The summed E-state index contributed by atoms with van der Waals surface area (Å²) in [4.78, 5) is 18.8. The molecule has 0 fully saturated rings. The largest absolute Gasteiger partial charge is 0.357 e. The topological polar surface area (TPSA) is 80.0 Å². The van der Waals surface area contributed by atoms with Crippen LogP contribution in [0.2, 0.25) is 0 Å². The molecule has 0 saturated heterocycles. The molecule has 0 aliphatic carbocycles. The first kappa shape index (κ1) is 18.1. The van der Waals surface area contributed by atoms with Gasteiger partial charge in [-0.3, -0.25) is 4.57 Å². The molecule has 0 aromatic carbocycles. The maximum absolute atomic E-state index is 4.65. The van der Waals surface area contributed by atoms with E-state index in [1.54, 1.807) is 23.9 Å². The van der Waals surface area contributed by atoms with Gasteiger partial charge < -0.3 is 10.6 Å². The molecule has 136 valence electrons. The molecule has 0 amide bonds. The number of nitrogens with zero attached hydrogens (tertiary/aromatic N) is 5. The van der Waals surface area contributed by atoms with Crippen LogP contribution in [-0.4, -0.2) is 32.0 Å². The van der Waals surface area contributed by atoms with E-state index < -0.39 is 0 Å². The monoisotopic (exact) mass is 369 g/mol. The van der Waals surface area contributed by atoms with E-state index in [0.29, 0.717) is 6.54 Å². The van der Waals surface area contributed by atoms with E-state index in [1.165, 1.54) is 4.88 Å². The molecule has 0 unspecified atom stereocenters. The van der Waals surface area contributed by atoms with E-state index in [2.05, 4.69) is 37.5 Å². The second kappa shape index (κ2) is 8.57. The Morgan fingerprint density at radius 2 is 2.15 bits per heavy atom. The first-order valence-electron chi connectivity index (χ1n) is 8.54. The van der Waals surface area contributed by atoms with Gasteiger partial charge in [-0.2, -0.15) is 0 Å². The number of aromatic nitrogens is 4. The zero-order valence-corrected chi connectivity index (χ0v) is 16.0. The molecule has 0 aliphatic heterocycles. The van der Waals surface area contributed by atoms with E-state index in [0.717, 1.165) is 41.1 Å². The van der Waals surface area contributed by atoms with E-state index >= 15 is 0 Å². The second-order valence-electron chi connectivity index (χ2n) is 5.78. The van der Waals surface area contributed by atoms with Crippen LogP contribution >= 0.6 is 11.3 Å². The van der Waals surface area contributed by atoms with Gasteiger partial charge in [0.05, 0.1) is 23.8 Å². The molecular weight excluding hydrogens is 346 g/mol. The van der Waals surface area contributed by atoms with Gasteiger partial charge in [-0.05, 0) is 32.4 Å². The predicted molar refractivity (Wildman–Crippen MR) is 105 cm³/mol. The maximum Gasteiger partial charge on any atom is 0.191 e. The van der Waals surface area contributed by atoms with Crippen LogP contribution in [0, 0.1) is 13.8 Å². The summed E-state index contributed by atoms with van der Waals surface area (Å²) in [7, 11) is 0. The van der Waals surface area contributed by atoms with Gasteiger partial charge in [0.2, 0.25) is 0 Å². The zero-order valence-electron chi connectivity index (χ0n) is 15.2. The molecule has 3 aromatic heterocycles. The van der Waals surface area contributed by atoms with Crippen molar-refractivity contribution in [1.29, 1.82) is 0 Å². The lowest BCUT2D eigenvalue weighted by Gasteiger charge is -2.11. The molecule has 26 heavy (non-hydrogen) atoms. The van der Waals surface area contributed by atoms with Crippen LogP contribution in [0.15, 0.2) is 42.0 Å². The average Bonchev–Trinajstić information content (AvgIpc) is 3.27. The van der Waals surface area contributed by atoms with Crippen LogP contribution in [0.25, 0.3) is 5.82 Å². The third-order valence-corrected chi connectivity index (χ3v) is 4.83. The number of aliphatic imine (C=N–C) groups is 1. The predicted octanol–water partition coefficient (Wildman–Crippen LogP) is 2.60. The van der Waals surface area contributed by atoms with Gasteiger partial charge in [-0.1, -0.05) is 6.07 Å². The Bertz CT molecular complexity index is 850. The van der Waals surface area contributed by atoms with Crippen molar-refractivity contribution in [3.63, 3.8) is 0 Å². The number of guanidine groups is 1. The quantitative estimate of drug-likeness (QED) is 0.516. The Morgan fingerprint density at radius 1 is 1.27 bits per heavy atom. The van der Waals surface area contributed by atoms with Gasteiger partial charge in [-0.25, -0.2) is 19.9 Å². The molecule has 0 spiro atoms. The smallest absolute Gasteiger partial charge is 0.191 e. The molecule has 0 bridgehead atoms. The molecule has 8 heteroatoms. The van der Waals surface area contributed by atoms with Crippen molar-refractivity contribution < 1.29 is 0 Å². The molecule has 3 aromatic rings. The van der Waals surface area contributed by atoms with Crippen molar-refractivity contribution in [2.45, 2.75) is 33.9 Å². The molecule has 2 N–H and O–H groups in total. The van der Waals surface area contributed by atoms with Crippen molar-refractivity contribution >= 4 is 17.3 Å². The summed E-state index contributed by atoms with van der Waals surface area (Å²) in [6.45, 7) is 8.22. The van der Waals surface area contributed by atoms with Gasteiger partial charge in [0, 0.05) is 30.0 Å². The Kier molecular flexibility index (Phi) is 5.96. The third kappa shape index (κ3) is 4.66. The van der Waals surface area contributed by atoms with Crippen molar-refractivity contribution in [2.24, 2.45) is 4.99 Å². The standard InChI is InChI=1S/C18H23N7S/c1-4-20-18(23-11-16-13(2)24-14(3)26-16)22-10-15-5-6-17(21-9-15)25-8-7-19-12-25/h5-9,12H,4,10-11H2,1-3H3,(H2,20,22,23). The SMILES string of the molecule is CCNC(=NCc1ccc(-n2ccnc2)nc1)NCc1sc(C)nc1C. The van der Waals surface area contributed by atoms with Crippen molar-refractivity contribution in [3.8, 4) is 5.82 Å². The highest BCUT2D eigenvalue weighted by atomic mass is 32.1. The normalized spacial score (nSPS) is 11.6. The number of imidazole rings is 1. The number of hydrogen-bond donors (Lipinski definition) is 2. The molecule has 7 nitrogen and oxygen atoms in total. The lowest BCUT2D eigenvalue weighted by Crippen LogP contribution is -2.36. The van der Waals surface area contributed by atoms with Gasteiger partial charge in [0.15, 0.2) is 5.96 Å². The van der Waals surface area contributed by atoms with E-state index in [4.69, 9.17) is 0 Å². The van der Waals surface area contributed by atoms with Crippen LogP contribution in [0.5, 0.6) is 0 Å². The molecule has 3 rings (SSSR count). The Hall–Kier alpha value is -2.74.